The minimum Gasteiger partial charge on any atom is -0.493 e. The molecule has 0 aliphatic heterocycles. The zero-order chi connectivity index (χ0) is 19.3. The van der Waals surface area contributed by atoms with Crippen molar-refractivity contribution in [2.75, 3.05) is 11.9 Å². The van der Waals surface area contributed by atoms with Gasteiger partial charge in [-0.2, -0.15) is 13.2 Å². The predicted molar refractivity (Wildman–Crippen MR) is 88.3 cm³/mol. The number of benzene rings is 2. The first-order valence-corrected chi connectivity index (χ1v) is 7.63. The lowest BCUT2D eigenvalue weighted by molar-refractivity contribution is -0.384. The van der Waals surface area contributed by atoms with Crippen molar-refractivity contribution in [2.24, 2.45) is 0 Å². The lowest BCUT2D eigenvalue weighted by atomic mass is 10.1. The summed E-state index contributed by atoms with van der Waals surface area (Å²) in [7, 11) is 0. The van der Waals surface area contributed by atoms with Crippen LogP contribution in [0.4, 0.5) is 24.5 Å². The third kappa shape index (κ3) is 4.50. The lowest BCUT2D eigenvalue weighted by Gasteiger charge is -2.13. The Balaban J connectivity index is 2.34. The molecule has 0 atom stereocenters. The topological polar surface area (TPSA) is 81.5 Å². The van der Waals surface area contributed by atoms with Crippen molar-refractivity contribution in [1.29, 1.82) is 0 Å². The van der Waals surface area contributed by atoms with E-state index in [0.717, 1.165) is 24.3 Å². The summed E-state index contributed by atoms with van der Waals surface area (Å²) in [5, 5.41) is 13.4. The second-order valence-corrected chi connectivity index (χ2v) is 5.28. The number of anilines is 1. The van der Waals surface area contributed by atoms with Gasteiger partial charge in [-0.3, -0.25) is 14.9 Å². The van der Waals surface area contributed by atoms with Crippen molar-refractivity contribution in [2.45, 2.75) is 19.5 Å². The Morgan fingerprint density at radius 3 is 2.54 bits per heavy atom. The van der Waals surface area contributed by atoms with Gasteiger partial charge in [0.25, 0.3) is 11.6 Å². The number of halogens is 3. The van der Waals surface area contributed by atoms with Crippen LogP contribution in [0.25, 0.3) is 0 Å². The molecular formula is C17H15F3N2O4. The van der Waals surface area contributed by atoms with Crippen molar-refractivity contribution in [3.8, 4) is 5.75 Å². The molecule has 0 aliphatic carbocycles. The molecule has 9 heteroatoms. The summed E-state index contributed by atoms with van der Waals surface area (Å²) in [6, 6.07) is 7.93. The average Bonchev–Trinajstić information content (AvgIpc) is 2.59. The van der Waals surface area contributed by atoms with Crippen LogP contribution in [-0.2, 0) is 6.18 Å². The van der Waals surface area contributed by atoms with Gasteiger partial charge < -0.3 is 10.1 Å². The van der Waals surface area contributed by atoms with Crippen molar-refractivity contribution in [1.82, 2.24) is 0 Å². The molecule has 0 aromatic heterocycles. The fraction of sp³-hybridized carbons (Fsp3) is 0.235. The van der Waals surface area contributed by atoms with E-state index in [2.05, 4.69) is 5.32 Å². The number of hydrogen-bond acceptors (Lipinski definition) is 4. The molecule has 2 aromatic carbocycles. The molecule has 0 aliphatic rings. The normalized spacial score (nSPS) is 11.1. The quantitative estimate of drug-likeness (QED) is 0.594. The summed E-state index contributed by atoms with van der Waals surface area (Å²) in [5.41, 5.74) is -2.44. The maximum atomic E-state index is 13.0. The summed E-state index contributed by atoms with van der Waals surface area (Å²) < 4.78 is 44.4. The molecule has 6 nitrogen and oxygen atoms in total. The molecule has 0 saturated carbocycles. The van der Waals surface area contributed by atoms with Crippen molar-refractivity contribution >= 4 is 17.3 Å². The molecule has 0 unspecified atom stereocenters. The Morgan fingerprint density at radius 1 is 1.23 bits per heavy atom. The lowest BCUT2D eigenvalue weighted by Crippen LogP contribution is -2.19. The van der Waals surface area contributed by atoms with Gasteiger partial charge in [0.1, 0.15) is 11.4 Å². The van der Waals surface area contributed by atoms with E-state index < -0.39 is 33.8 Å². The highest BCUT2D eigenvalue weighted by atomic mass is 19.4. The van der Waals surface area contributed by atoms with Crippen molar-refractivity contribution < 1.29 is 27.6 Å². The van der Waals surface area contributed by atoms with Gasteiger partial charge in [0.05, 0.1) is 28.7 Å². The number of carbonyl (C=O) groups is 1. The standard InChI is InChI=1S/C17H15F3N2O4/c1-2-9-26-11-7-8-14(15(10-11)22(24)25)21-16(23)12-5-3-4-6-13(12)17(18,19)20/h3-8,10H,2,9H2,1H3,(H,21,23). The highest BCUT2D eigenvalue weighted by molar-refractivity contribution is 6.06. The van der Waals surface area contributed by atoms with Gasteiger partial charge in [0.2, 0.25) is 0 Å². The summed E-state index contributed by atoms with van der Waals surface area (Å²) in [5.74, 6) is -0.865. The van der Waals surface area contributed by atoms with Gasteiger partial charge in [-0.25, -0.2) is 0 Å². The molecule has 26 heavy (non-hydrogen) atoms. The molecule has 0 spiro atoms. The molecular weight excluding hydrogens is 353 g/mol. The number of carbonyl (C=O) groups excluding carboxylic acids is 1. The molecule has 0 heterocycles. The smallest absolute Gasteiger partial charge is 0.417 e. The van der Waals surface area contributed by atoms with E-state index in [0.29, 0.717) is 13.0 Å². The van der Waals surface area contributed by atoms with Gasteiger partial charge in [0.15, 0.2) is 0 Å². The maximum Gasteiger partial charge on any atom is 0.417 e. The second kappa shape index (κ2) is 7.85. The Labute approximate surface area is 146 Å². The fourth-order valence-electron chi connectivity index (χ4n) is 2.20. The first kappa shape index (κ1) is 19.2. The Hall–Kier alpha value is -3.10. The summed E-state index contributed by atoms with van der Waals surface area (Å²) >= 11 is 0. The number of nitro benzene ring substituents is 1. The molecule has 0 saturated heterocycles. The van der Waals surface area contributed by atoms with E-state index in [1.807, 2.05) is 6.92 Å². The summed E-state index contributed by atoms with van der Waals surface area (Å²) in [6.07, 6.45) is -4.03. The Bertz CT molecular complexity index is 822. The van der Waals surface area contributed by atoms with E-state index >= 15 is 0 Å². The molecule has 0 bridgehead atoms. The largest absolute Gasteiger partial charge is 0.493 e. The van der Waals surface area contributed by atoms with Crippen LogP contribution in [0, 0.1) is 10.1 Å². The van der Waals surface area contributed by atoms with Crippen molar-refractivity contribution in [3.05, 3.63) is 63.7 Å². The molecule has 1 amide bonds. The number of nitrogens with one attached hydrogen (secondary N) is 1. The van der Waals surface area contributed by atoms with Crippen LogP contribution in [0.5, 0.6) is 5.75 Å². The summed E-state index contributed by atoms with van der Waals surface area (Å²) in [4.78, 5) is 22.7. The van der Waals surface area contributed by atoms with E-state index in [4.69, 9.17) is 4.74 Å². The summed E-state index contributed by atoms with van der Waals surface area (Å²) in [6.45, 7) is 2.21. The number of alkyl halides is 3. The highest BCUT2D eigenvalue weighted by Crippen LogP contribution is 2.33. The van der Waals surface area contributed by atoms with Crippen LogP contribution >= 0.6 is 0 Å². The number of ether oxygens (including phenoxy) is 1. The number of amides is 1. The fourth-order valence-corrected chi connectivity index (χ4v) is 2.20. The van der Waals surface area contributed by atoms with Gasteiger partial charge >= 0.3 is 6.18 Å². The van der Waals surface area contributed by atoms with Crippen LogP contribution in [0.1, 0.15) is 29.3 Å². The molecule has 0 radical (unpaired) electrons. The monoisotopic (exact) mass is 368 g/mol. The molecule has 1 N–H and O–H groups in total. The molecule has 2 aromatic rings. The van der Waals surface area contributed by atoms with Gasteiger partial charge in [-0.05, 0) is 30.7 Å². The van der Waals surface area contributed by atoms with Gasteiger partial charge in [0, 0.05) is 0 Å². The van der Waals surface area contributed by atoms with E-state index in [9.17, 15) is 28.1 Å². The molecule has 138 valence electrons. The third-order valence-corrected chi connectivity index (χ3v) is 3.36. The number of rotatable bonds is 6. The van der Waals surface area contributed by atoms with Gasteiger partial charge in [-0.1, -0.05) is 19.1 Å². The number of nitro groups is 1. The first-order chi connectivity index (χ1) is 12.2. The molecule has 2 rings (SSSR count). The van der Waals surface area contributed by atoms with Gasteiger partial charge in [-0.15, -0.1) is 0 Å². The number of nitrogens with zero attached hydrogens (tertiary/aromatic N) is 1. The Kier molecular flexibility index (Phi) is 5.81. The van der Waals surface area contributed by atoms with Crippen molar-refractivity contribution in [3.63, 3.8) is 0 Å². The van der Waals surface area contributed by atoms with E-state index in [-0.39, 0.29) is 11.4 Å². The van der Waals surface area contributed by atoms with E-state index in [1.54, 1.807) is 0 Å². The first-order valence-electron chi connectivity index (χ1n) is 7.63. The minimum absolute atomic E-state index is 0.221. The maximum absolute atomic E-state index is 13.0. The molecule has 0 fully saturated rings. The van der Waals surface area contributed by atoms with Crippen LogP contribution in [0.2, 0.25) is 0 Å². The zero-order valence-corrected chi connectivity index (χ0v) is 13.7. The Morgan fingerprint density at radius 2 is 1.92 bits per heavy atom. The van der Waals surface area contributed by atoms with Crippen LogP contribution in [-0.4, -0.2) is 17.4 Å². The van der Waals surface area contributed by atoms with E-state index in [1.165, 1.54) is 18.2 Å². The van der Waals surface area contributed by atoms with Crippen LogP contribution in [0.3, 0.4) is 0 Å². The minimum atomic E-state index is -4.72. The predicted octanol–water partition coefficient (Wildman–Crippen LogP) is 4.65. The number of hydrogen-bond donors (Lipinski definition) is 1. The third-order valence-electron chi connectivity index (χ3n) is 3.36. The zero-order valence-electron chi connectivity index (χ0n) is 13.7. The second-order valence-electron chi connectivity index (χ2n) is 5.28. The van der Waals surface area contributed by atoms with Crippen LogP contribution in [0.15, 0.2) is 42.5 Å². The SMILES string of the molecule is CCCOc1ccc(NC(=O)c2ccccc2C(F)(F)F)c([N+](=O)[O-])c1. The van der Waals surface area contributed by atoms with Crippen LogP contribution < -0.4 is 10.1 Å². The highest BCUT2D eigenvalue weighted by Gasteiger charge is 2.35. The average molecular weight is 368 g/mol.